The minimum absolute atomic E-state index is 0.000787. The van der Waals surface area contributed by atoms with Crippen molar-refractivity contribution in [1.29, 1.82) is 0 Å². The molecule has 0 saturated heterocycles. The van der Waals surface area contributed by atoms with Crippen molar-refractivity contribution in [3.8, 4) is 0 Å². The van der Waals surface area contributed by atoms with E-state index in [1.54, 1.807) is 0 Å². The molecule has 0 unspecified atom stereocenters. The molecular formula is C9H8ClF3N2O2. The van der Waals surface area contributed by atoms with Gasteiger partial charge in [0.2, 0.25) is 0 Å². The number of anilines is 1. The predicted molar refractivity (Wildman–Crippen MR) is 55.4 cm³/mol. The van der Waals surface area contributed by atoms with E-state index in [1.165, 1.54) is 0 Å². The van der Waals surface area contributed by atoms with Gasteiger partial charge < -0.3 is 10.4 Å². The van der Waals surface area contributed by atoms with Crippen molar-refractivity contribution in [2.24, 2.45) is 0 Å². The molecule has 17 heavy (non-hydrogen) atoms. The lowest BCUT2D eigenvalue weighted by Crippen LogP contribution is -2.15. The van der Waals surface area contributed by atoms with Crippen molar-refractivity contribution in [1.82, 2.24) is 4.98 Å². The molecule has 94 valence electrons. The van der Waals surface area contributed by atoms with Gasteiger partial charge in [-0.15, -0.1) is 0 Å². The molecule has 0 fully saturated rings. The minimum atomic E-state index is -4.28. The van der Waals surface area contributed by atoms with Gasteiger partial charge in [-0.05, 0) is 12.1 Å². The number of carboxylic acids is 1. The number of alkyl halides is 3. The van der Waals surface area contributed by atoms with Gasteiger partial charge in [-0.1, -0.05) is 11.6 Å². The molecule has 0 aliphatic heterocycles. The Morgan fingerprint density at radius 3 is 2.65 bits per heavy atom. The molecule has 0 atom stereocenters. The SMILES string of the molecule is O=C(O)c1cc(Cl)nc(NCCC(F)(F)F)c1. The fourth-order valence-corrected chi connectivity index (χ4v) is 1.25. The fraction of sp³-hybridized carbons (Fsp3) is 0.333. The van der Waals surface area contributed by atoms with Gasteiger partial charge in [-0.2, -0.15) is 13.2 Å². The molecule has 0 radical (unpaired) electrons. The molecule has 0 aromatic carbocycles. The standard InChI is InChI=1S/C9H8ClF3N2O2/c10-6-3-5(8(16)17)4-7(15-6)14-2-1-9(11,12)13/h3-4H,1-2H2,(H,14,15)(H,16,17). The van der Waals surface area contributed by atoms with Crippen LogP contribution in [-0.2, 0) is 0 Å². The maximum Gasteiger partial charge on any atom is 0.390 e. The first-order chi connectivity index (χ1) is 7.78. The molecular weight excluding hydrogens is 261 g/mol. The topological polar surface area (TPSA) is 62.2 Å². The molecule has 1 rings (SSSR count). The Morgan fingerprint density at radius 1 is 1.47 bits per heavy atom. The number of halogens is 4. The number of aromatic carboxylic acids is 1. The number of nitrogens with one attached hydrogen (secondary N) is 1. The number of pyridine rings is 1. The van der Waals surface area contributed by atoms with Crippen molar-refractivity contribution in [3.63, 3.8) is 0 Å². The van der Waals surface area contributed by atoms with Crippen molar-refractivity contribution in [2.75, 3.05) is 11.9 Å². The van der Waals surface area contributed by atoms with Gasteiger partial charge in [0, 0.05) is 6.54 Å². The average Bonchev–Trinajstić information content (AvgIpc) is 2.14. The Hall–Kier alpha value is -1.50. The maximum absolute atomic E-state index is 11.9. The van der Waals surface area contributed by atoms with E-state index in [4.69, 9.17) is 16.7 Å². The van der Waals surface area contributed by atoms with E-state index < -0.39 is 25.1 Å². The molecule has 8 heteroatoms. The summed E-state index contributed by atoms with van der Waals surface area (Å²) >= 11 is 5.53. The summed E-state index contributed by atoms with van der Waals surface area (Å²) in [6.07, 6.45) is -5.31. The van der Waals surface area contributed by atoms with Crippen LogP contribution < -0.4 is 5.32 Å². The predicted octanol–water partition coefficient (Wildman–Crippen LogP) is 2.80. The second-order valence-electron chi connectivity index (χ2n) is 3.16. The normalized spacial score (nSPS) is 11.3. The van der Waals surface area contributed by atoms with Crippen molar-refractivity contribution in [3.05, 3.63) is 22.8 Å². The number of nitrogens with zero attached hydrogens (tertiary/aromatic N) is 1. The number of hydrogen-bond donors (Lipinski definition) is 2. The number of carbonyl (C=O) groups is 1. The van der Waals surface area contributed by atoms with Crippen molar-refractivity contribution in [2.45, 2.75) is 12.6 Å². The lowest BCUT2D eigenvalue weighted by molar-refractivity contribution is -0.131. The van der Waals surface area contributed by atoms with Crippen LogP contribution in [0.2, 0.25) is 5.15 Å². The van der Waals surface area contributed by atoms with Gasteiger partial charge in [0.05, 0.1) is 12.0 Å². The van der Waals surface area contributed by atoms with Crippen LogP contribution in [0.5, 0.6) is 0 Å². The van der Waals surface area contributed by atoms with E-state index in [2.05, 4.69) is 10.3 Å². The Labute approximate surface area is 99.4 Å². The summed E-state index contributed by atoms with van der Waals surface area (Å²) in [5, 5.41) is 11.0. The summed E-state index contributed by atoms with van der Waals surface area (Å²) in [5.74, 6) is -1.23. The third kappa shape index (κ3) is 4.90. The highest BCUT2D eigenvalue weighted by molar-refractivity contribution is 6.29. The monoisotopic (exact) mass is 268 g/mol. The first-order valence-electron chi connectivity index (χ1n) is 4.49. The van der Waals surface area contributed by atoms with Gasteiger partial charge in [-0.25, -0.2) is 9.78 Å². The molecule has 4 nitrogen and oxygen atoms in total. The van der Waals surface area contributed by atoms with Crippen LogP contribution in [-0.4, -0.2) is 28.8 Å². The Kier molecular flexibility index (Phi) is 4.17. The second kappa shape index (κ2) is 5.22. The number of rotatable bonds is 4. The van der Waals surface area contributed by atoms with E-state index in [0.717, 1.165) is 12.1 Å². The fourth-order valence-electron chi connectivity index (χ4n) is 1.04. The summed E-state index contributed by atoms with van der Waals surface area (Å²) in [6.45, 7) is -0.393. The Morgan fingerprint density at radius 2 is 2.12 bits per heavy atom. The molecule has 2 N–H and O–H groups in total. The highest BCUT2D eigenvalue weighted by Crippen LogP contribution is 2.20. The summed E-state index contributed by atoms with van der Waals surface area (Å²) in [4.78, 5) is 14.3. The molecule has 1 aromatic rings. The van der Waals surface area contributed by atoms with E-state index >= 15 is 0 Å². The molecule has 0 saturated carbocycles. The maximum atomic E-state index is 11.9. The quantitative estimate of drug-likeness (QED) is 0.824. The van der Waals surface area contributed by atoms with Crippen LogP contribution in [0.1, 0.15) is 16.8 Å². The third-order valence-corrected chi connectivity index (χ3v) is 1.95. The molecule has 0 bridgehead atoms. The zero-order valence-electron chi connectivity index (χ0n) is 8.38. The van der Waals surface area contributed by atoms with E-state index in [9.17, 15) is 18.0 Å². The average molecular weight is 269 g/mol. The third-order valence-electron chi connectivity index (χ3n) is 1.76. The number of carboxylic acid groups (broad SMARTS) is 1. The van der Waals surface area contributed by atoms with Crippen LogP contribution >= 0.6 is 11.6 Å². The summed E-state index contributed by atoms with van der Waals surface area (Å²) in [7, 11) is 0. The first kappa shape index (κ1) is 13.6. The molecule has 0 spiro atoms. The zero-order valence-corrected chi connectivity index (χ0v) is 9.14. The van der Waals surface area contributed by atoms with Crippen LogP contribution in [0.3, 0.4) is 0 Å². The lowest BCUT2D eigenvalue weighted by Gasteiger charge is -2.09. The summed E-state index contributed by atoms with van der Waals surface area (Å²) in [6, 6.07) is 2.23. The summed E-state index contributed by atoms with van der Waals surface area (Å²) in [5.41, 5.74) is -0.139. The van der Waals surface area contributed by atoms with Crippen molar-refractivity contribution < 1.29 is 23.1 Å². The Balaban J connectivity index is 2.68. The minimum Gasteiger partial charge on any atom is -0.478 e. The zero-order chi connectivity index (χ0) is 13.1. The lowest BCUT2D eigenvalue weighted by atomic mass is 10.2. The summed E-state index contributed by atoms with van der Waals surface area (Å²) < 4.78 is 35.6. The van der Waals surface area contributed by atoms with Gasteiger partial charge in [0.25, 0.3) is 0 Å². The molecule has 0 amide bonds. The van der Waals surface area contributed by atoms with E-state index in [-0.39, 0.29) is 16.5 Å². The molecule has 0 aliphatic rings. The molecule has 0 aliphatic carbocycles. The van der Waals surface area contributed by atoms with Gasteiger partial charge in [0.15, 0.2) is 0 Å². The second-order valence-corrected chi connectivity index (χ2v) is 3.55. The largest absolute Gasteiger partial charge is 0.478 e. The van der Waals surface area contributed by atoms with Gasteiger partial charge in [-0.3, -0.25) is 0 Å². The molecule has 1 aromatic heterocycles. The van der Waals surface area contributed by atoms with Crippen LogP contribution in [0.4, 0.5) is 19.0 Å². The smallest absolute Gasteiger partial charge is 0.390 e. The van der Waals surface area contributed by atoms with Crippen molar-refractivity contribution >= 4 is 23.4 Å². The van der Waals surface area contributed by atoms with Gasteiger partial charge in [0.1, 0.15) is 11.0 Å². The molecule has 1 heterocycles. The number of aromatic nitrogens is 1. The number of hydrogen-bond acceptors (Lipinski definition) is 3. The highest BCUT2D eigenvalue weighted by atomic mass is 35.5. The Bertz CT molecular complexity index is 423. The van der Waals surface area contributed by atoms with E-state index in [0.29, 0.717) is 0 Å². The van der Waals surface area contributed by atoms with Crippen LogP contribution in [0.25, 0.3) is 0 Å². The highest BCUT2D eigenvalue weighted by Gasteiger charge is 2.26. The first-order valence-corrected chi connectivity index (χ1v) is 4.87. The van der Waals surface area contributed by atoms with Gasteiger partial charge >= 0.3 is 12.1 Å². The van der Waals surface area contributed by atoms with Crippen LogP contribution in [0, 0.1) is 0 Å². The van der Waals surface area contributed by atoms with E-state index in [1.807, 2.05) is 0 Å². The van der Waals surface area contributed by atoms with Crippen LogP contribution in [0.15, 0.2) is 12.1 Å².